The maximum absolute atomic E-state index is 12.2. The Labute approximate surface area is 142 Å². The zero-order valence-corrected chi connectivity index (χ0v) is 14.1. The fourth-order valence-corrected chi connectivity index (χ4v) is 2.85. The molecule has 24 heavy (non-hydrogen) atoms. The van der Waals surface area contributed by atoms with E-state index in [-0.39, 0.29) is 12.3 Å². The van der Waals surface area contributed by atoms with Crippen LogP contribution in [0.15, 0.2) is 48.5 Å². The lowest BCUT2D eigenvalue weighted by molar-refractivity contribution is -0.137. The van der Waals surface area contributed by atoms with Crippen LogP contribution in [-0.4, -0.2) is 17.0 Å². The second kappa shape index (κ2) is 8.29. The summed E-state index contributed by atoms with van der Waals surface area (Å²) in [7, 11) is 0. The maximum Gasteiger partial charge on any atom is 0.305 e. The molecule has 2 N–H and O–H groups in total. The molecule has 0 aliphatic heterocycles. The molecule has 4 nitrogen and oxygen atoms in total. The lowest BCUT2D eigenvalue weighted by Gasteiger charge is -2.17. The number of carbonyl (C=O) groups excluding carboxylic acids is 1. The highest BCUT2D eigenvalue weighted by atomic mass is 16.4. The first kappa shape index (κ1) is 17.7. The number of carboxylic acid groups (broad SMARTS) is 1. The molecule has 0 heterocycles. The van der Waals surface area contributed by atoms with E-state index in [4.69, 9.17) is 5.11 Å². The Morgan fingerprint density at radius 2 is 1.67 bits per heavy atom. The average molecular weight is 325 g/mol. The molecule has 0 saturated heterocycles. The minimum Gasteiger partial charge on any atom is -0.481 e. The molecule has 2 aromatic carbocycles. The van der Waals surface area contributed by atoms with Crippen molar-refractivity contribution in [1.82, 2.24) is 5.32 Å². The number of hydrogen-bond acceptors (Lipinski definition) is 2. The number of hydrogen-bond donors (Lipinski definition) is 2. The summed E-state index contributed by atoms with van der Waals surface area (Å²) in [5.41, 5.74) is 4.29. The molecule has 0 aliphatic rings. The van der Waals surface area contributed by atoms with Gasteiger partial charge < -0.3 is 10.4 Å². The first-order chi connectivity index (χ1) is 11.4. The Hall–Kier alpha value is -2.62. The molecule has 0 spiro atoms. The van der Waals surface area contributed by atoms with E-state index in [0.717, 1.165) is 11.1 Å². The molecule has 4 heteroatoms. The second-order valence-electron chi connectivity index (χ2n) is 6.12. The summed E-state index contributed by atoms with van der Waals surface area (Å²) >= 11 is 0. The third kappa shape index (κ3) is 5.54. The Bertz CT molecular complexity index is 690. The van der Waals surface area contributed by atoms with E-state index < -0.39 is 12.0 Å². The van der Waals surface area contributed by atoms with Gasteiger partial charge in [-0.05, 0) is 31.4 Å². The van der Waals surface area contributed by atoms with E-state index in [1.165, 1.54) is 11.1 Å². The van der Waals surface area contributed by atoms with Crippen LogP contribution in [-0.2, 0) is 16.0 Å². The number of amides is 1. The number of benzene rings is 2. The summed E-state index contributed by atoms with van der Waals surface area (Å²) in [5, 5.41) is 11.9. The van der Waals surface area contributed by atoms with Gasteiger partial charge in [-0.1, -0.05) is 59.7 Å². The monoisotopic (exact) mass is 325 g/mol. The third-order valence-corrected chi connectivity index (χ3v) is 3.84. The fraction of sp³-hybridized carbons (Fsp3) is 0.300. The van der Waals surface area contributed by atoms with Crippen LogP contribution < -0.4 is 5.32 Å². The molecule has 0 saturated carbocycles. The van der Waals surface area contributed by atoms with E-state index in [1.807, 2.05) is 44.2 Å². The highest BCUT2D eigenvalue weighted by Crippen LogP contribution is 2.17. The first-order valence-corrected chi connectivity index (χ1v) is 8.07. The number of carbonyl (C=O) groups is 2. The Morgan fingerprint density at radius 1 is 1.04 bits per heavy atom. The molecule has 0 bridgehead atoms. The summed E-state index contributed by atoms with van der Waals surface area (Å²) < 4.78 is 0. The standard InChI is InChI=1S/C20H23NO3/c1-14-10-15(2)12-16(11-14)8-9-19(22)21-18(13-20(23)24)17-6-4-3-5-7-17/h3-7,10-12,18H,8-9,13H2,1-2H3,(H,21,22)(H,23,24). The van der Waals surface area contributed by atoms with Crippen LogP contribution >= 0.6 is 0 Å². The lowest BCUT2D eigenvalue weighted by Crippen LogP contribution is -2.30. The minimum absolute atomic E-state index is 0.126. The highest BCUT2D eigenvalue weighted by Gasteiger charge is 2.17. The van der Waals surface area contributed by atoms with Gasteiger partial charge >= 0.3 is 5.97 Å². The molecular weight excluding hydrogens is 302 g/mol. The smallest absolute Gasteiger partial charge is 0.305 e. The molecular formula is C20H23NO3. The fourth-order valence-electron chi connectivity index (χ4n) is 2.85. The summed E-state index contributed by atoms with van der Waals surface area (Å²) in [5.74, 6) is -1.07. The molecule has 1 unspecified atom stereocenters. The van der Waals surface area contributed by atoms with Crippen molar-refractivity contribution in [2.24, 2.45) is 0 Å². The summed E-state index contributed by atoms with van der Waals surface area (Å²) in [4.78, 5) is 23.3. The maximum atomic E-state index is 12.2. The SMILES string of the molecule is Cc1cc(C)cc(CCC(=O)NC(CC(=O)O)c2ccccc2)c1. The van der Waals surface area contributed by atoms with E-state index >= 15 is 0 Å². The zero-order valence-electron chi connectivity index (χ0n) is 14.1. The summed E-state index contributed by atoms with van der Waals surface area (Å²) in [6.07, 6.45) is 0.855. The van der Waals surface area contributed by atoms with Crippen LogP contribution in [0.2, 0.25) is 0 Å². The molecule has 0 radical (unpaired) electrons. The van der Waals surface area contributed by atoms with Crippen molar-refractivity contribution in [3.8, 4) is 0 Å². The molecule has 0 aromatic heterocycles. The molecule has 1 atom stereocenters. The van der Waals surface area contributed by atoms with Crippen LogP contribution in [0.4, 0.5) is 0 Å². The Balaban J connectivity index is 1.98. The largest absolute Gasteiger partial charge is 0.481 e. The number of nitrogens with one attached hydrogen (secondary N) is 1. The number of aryl methyl sites for hydroxylation is 3. The zero-order chi connectivity index (χ0) is 17.5. The van der Waals surface area contributed by atoms with Gasteiger partial charge in [0.15, 0.2) is 0 Å². The lowest BCUT2D eigenvalue weighted by atomic mass is 10.0. The van der Waals surface area contributed by atoms with Crippen LogP contribution in [0, 0.1) is 13.8 Å². The minimum atomic E-state index is -0.932. The Kier molecular flexibility index (Phi) is 6.13. The van der Waals surface area contributed by atoms with Gasteiger partial charge in [-0.3, -0.25) is 9.59 Å². The predicted molar refractivity (Wildman–Crippen MR) is 93.8 cm³/mol. The van der Waals surface area contributed by atoms with Crippen molar-refractivity contribution in [3.05, 3.63) is 70.8 Å². The van der Waals surface area contributed by atoms with Crippen molar-refractivity contribution in [3.63, 3.8) is 0 Å². The van der Waals surface area contributed by atoms with E-state index in [0.29, 0.717) is 12.8 Å². The van der Waals surface area contributed by atoms with Gasteiger partial charge in [0.2, 0.25) is 5.91 Å². The van der Waals surface area contributed by atoms with Gasteiger partial charge in [-0.2, -0.15) is 0 Å². The van der Waals surface area contributed by atoms with Crippen molar-refractivity contribution in [1.29, 1.82) is 0 Å². The van der Waals surface area contributed by atoms with Gasteiger partial charge in [0.1, 0.15) is 0 Å². The molecule has 1 amide bonds. The van der Waals surface area contributed by atoms with Gasteiger partial charge in [0.25, 0.3) is 0 Å². The van der Waals surface area contributed by atoms with Crippen molar-refractivity contribution >= 4 is 11.9 Å². The normalized spacial score (nSPS) is 11.8. The average Bonchev–Trinajstić information content (AvgIpc) is 2.52. The molecule has 0 fully saturated rings. The van der Waals surface area contributed by atoms with E-state index in [9.17, 15) is 9.59 Å². The second-order valence-corrected chi connectivity index (χ2v) is 6.12. The van der Waals surface area contributed by atoms with Crippen molar-refractivity contribution in [2.75, 3.05) is 0 Å². The molecule has 126 valence electrons. The third-order valence-electron chi connectivity index (χ3n) is 3.84. The predicted octanol–water partition coefficient (Wildman–Crippen LogP) is 3.57. The van der Waals surface area contributed by atoms with Crippen molar-refractivity contribution < 1.29 is 14.7 Å². The first-order valence-electron chi connectivity index (χ1n) is 8.07. The van der Waals surface area contributed by atoms with E-state index in [2.05, 4.69) is 23.5 Å². The van der Waals surface area contributed by atoms with Gasteiger partial charge in [-0.15, -0.1) is 0 Å². The van der Waals surface area contributed by atoms with Crippen LogP contribution in [0.1, 0.15) is 41.1 Å². The van der Waals surface area contributed by atoms with Crippen LogP contribution in [0.3, 0.4) is 0 Å². The highest BCUT2D eigenvalue weighted by molar-refractivity contribution is 5.78. The van der Waals surface area contributed by atoms with Gasteiger partial charge in [0, 0.05) is 6.42 Å². The van der Waals surface area contributed by atoms with Crippen LogP contribution in [0.25, 0.3) is 0 Å². The Morgan fingerprint density at radius 3 is 2.25 bits per heavy atom. The summed E-state index contributed by atoms with van der Waals surface area (Å²) in [6, 6.07) is 15.0. The van der Waals surface area contributed by atoms with E-state index in [1.54, 1.807) is 0 Å². The van der Waals surface area contributed by atoms with Crippen molar-refractivity contribution in [2.45, 2.75) is 39.2 Å². The van der Waals surface area contributed by atoms with Gasteiger partial charge in [-0.25, -0.2) is 0 Å². The number of carboxylic acids is 1. The molecule has 2 aromatic rings. The number of rotatable bonds is 7. The quantitative estimate of drug-likeness (QED) is 0.818. The molecule has 2 rings (SSSR count). The van der Waals surface area contributed by atoms with Gasteiger partial charge in [0.05, 0.1) is 12.5 Å². The topological polar surface area (TPSA) is 66.4 Å². The number of aliphatic carboxylic acids is 1. The summed E-state index contributed by atoms with van der Waals surface area (Å²) in [6.45, 7) is 4.07. The molecule has 0 aliphatic carbocycles. The van der Waals surface area contributed by atoms with Crippen LogP contribution in [0.5, 0.6) is 0 Å².